The average Bonchev–Trinajstić information content (AvgIpc) is 3.97. The highest BCUT2D eigenvalue weighted by Crippen LogP contribution is 2.55. The van der Waals surface area contributed by atoms with Crippen molar-refractivity contribution in [1.29, 1.82) is 0 Å². The molecular weight excluding hydrogens is 823 g/mol. The average molecular weight is 875 g/mol. The van der Waals surface area contributed by atoms with Gasteiger partial charge in [0.25, 0.3) is 5.91 Å². The number of alkyl halides is 3. The van der Waals surface area contributed by atoms with Crippen molar-refractivity contribution in [2.45, 2.75) is 104 Å². The first-order chi connectivity index (χ1) is 28.4. The molecule has 2 aliphatic rings. The third kappa shape index (κ3) is 13.7. The third-order valence-electron chi connectivity index (χ3n) is 9.42. The van der Waals surface area contributed by atoms with Crippen LogP contribution in [0.4, 0.5) is 23.2 Å². The van der Waals surface area contributed by atoms with Crippen molar-refractivity contribution >= 4 is 42.9 Å². The predicted octanol–water partition coefficient (Wildman–Crippen LogP) is 8.17. The second kappa shape index (κ2) is 18.9. The summed E-state index contributed by atoms with van der Waals surface area (Å²) in [6.45, 7) is 9.28. The van der Waals surface area contributed by atoms with Gasteiger partial charge in [-0.15, -0.1) is 0 Å². The lowest BCUT2D eigenvalue weighted by atomic mass is 9.83. The number of amides is 3. The van der Waals surface area contributed by atoms with Crippen LogP contribution in [0.5, 0.6) is 5.75 Å². The van der Waals surface area contributed by atoms with Gasteiger partial charge in [0.05, 0.1) is 29.0 Å². The fourth-order valence-corrected chi connectivity index (χ4v) is 8.52. The molecule has 0 spiro atoms. The largest absolute Gasteiger partial charge is 0.531 e. The lowest BCUT2D eigenvalue weighted by Crippen LogP contribution is -2.51. The van der Waals surface area contributed by atoms with Gasteiger partial charge in [-0.3, -0.25) is 33.1 Å². The number of hydrogen-bond acceptors (Lipinski definition) is 10. The highest BCUT2D eigenvalue weighted by atomic mass is 31.2. The lowest BCUT2D eigenvalue weighted by Gasteiger charge is -2.30. The summed E-state index contributed by atoms with van der Waals surface area (Å²) in [5.74, 6) is -7.58. The molecule has 1 aliphatic carbocycles. The van der Waals surface area contributed by atoms with Crippen molar-refractivity contribution in [3.63, 3.8) is 0 Å². The van der Waals surface area contributed by atoms with E-state index in [1.165, 1.54) is 36.4 Å². The summed E-state index contributed by atoms with van der Waals surface area (Å²) in [7, 11) is -4.12. The summed E-state index contributed by atoms with van der Waals surface area (Å²) in [4.78, 5) is 59.6. The van der Waals surface area contributed by atoms with Crippen molar-refractivity contribution in [3.8, 4) is 5.75 Å². The number of nitrogens with two attached hydrogens (primary N) is 1. The van der Waals surface area contributed by atoms with Crippen LogP contribution in [0.3, 0.4) is 0 Å². The van der Waals surface area contributed by atoms with Crippen LogP contribution in [-0.4, -0.2) is 59.7 Å². The van der Waals surface area contributed by atoms with Crippen LogP contribution in [-0.2, 0) is 43.9 Å². The SMILES string of the molecule is CC(C)(C)OP(=O)(Oc1ccc(CC(=O)OCN2C(=O)[C@@H](NC(=O)[C@H](CCC(F)(F)F)[C@H](CC3CC3)C(N)=O)N=C(c3ccccc3)c3cccc(F)c32)cc1)OC(C)(C)C. The van der Waals surface area contributed by atoms with E-state index in [1.807, 2.05) is 0 Å². The minimum Gasteiger partial charge on any atom is -0.444 e. The quantitative estimate of drug-likeness (QED) is 0.0770. The number of rotatable bonds is 17. The molecule has 3 N–H and O–H groups in total. The molecule has 3 amide bonds. The van der Waals surface area contributed by atoms with Crippen LogP contribution < -0.4 is 20.5 Å². The minimum absolute atomic E-state index is 0.00882. The number of benzodiazepines with no additional fused rings is 1. The van der Waals surface area contributed by atoms with E-state index in [-0.39, 0.29) is 41.5 Å². The Balaban J connectivity index is 1.41. The molecule has 0 bridgehead atoms. The van der Waals surface area contributed by atoms with Gasteiger partial charge in [-0.25, -0.2) is 13.9 Å². The normalized spacial score (nSPS) is 17.1. The minimum atomic E-state index is -4.67. The molecule has 0 aromatic heterocycles. The molecule has 0 unspecified atom stereocenters. The van der Waals surface area contributed by atoms with Gasteiger partial charge in [-0.05, 0) is 84.1 Å². The van der Waals surface area contributed by atoms with E-state index in [1.54, 1.807) is 71.9 Å². The second-order valence-corrected chi connectivity index (χ2v) is 18.5. The van der Waals surface area contributed by atoms with E-state index < -0.39 is 92.3 Å². The topological polar surface area (TPSA) is 176 Å². The number of nitrogens with zero attached hydrogens (tertiary/aromatic N) is 2. The number of phosphoric acid groups is 1. The Morgan fingerprint density at radius 1 is 0.902 bits per heavy atom. The van der Waals surface area contributed by atoms with Crippen molar-refractivity contribution in [2.75, 3.05) is 11.6 Å². The standard InChI is InChI=1S/C43H51F4N4O9P/c1-41(2,3)59-61(56,60-42(4,5)6)58-29-19-17-27(18-20-29)24-34(52)57-25-51-36-31(13-10-14-33(36)44)35(28-11-8-7-9-12-28)49-38(40(51)55)50-39(54)30(21-22-43(45,46)47)32(37(48)53)23-26-15-16-26/h7-14,17-20,26,30,32,38H,15-16,21-25H2,1-6H3,(H2,48,53)(H,50,54)/t30-,32+,38-/m1/s1. The van der Waals surface area contributed by atoms with Crippen LogP contribution >= 0.6 is 7.82 Å². The van der Waals surface area contributed by atoms with Gasteiger partial charge >= 0.3 is 20.0 Å². The first-order valence-electron chi connectivity index (χ1n) is 19.8. The molecule has 3 aromatic rings. The molecule has 18 heteroatoms. The fraction of sp³-hybridized carbons (Fsp3) is 0.465. The van der Waals surface area contributed by atoms with E-state index in [0.717, 1.165) is 23.8 Å². The molecule has 1 fully saturated rings. The summed E-state index contributed by atoms with van der Waals surface area (Å²) in [5.41, 5.74) is 4.49. The maximum absolute atomic E-state index is 15.9. The Morgan fingerprint density at radius 2 is 1.52 bits per heavy atom. The predicted molar refractivity (Wildman–Crippen MR) is 218 cm³/mol. The fourth-order valence-electron chi connectivity index (χ4n) is 6.69. The van der Waals surface area contributed by atoms with Gasteiger partial charge in [0.2, 0.25) is 18.0 Å². The van der Waals surface area contributed by atoms with Gasteiger partial charge in [0, 0.05) is 29.4 Å². The summed E-state index contributed by atoms with van der Waals surface area (Å²) in [6, 6.07) is 18.1. The van der Waals surface area contributed by atoms with E-state index in [2.05, 4.69) is 10.3 Å². The zero-order chi connectivity index (χ0) is 44.9. The molecule has 3 aromatic carbocycles. The first-order valence-corrected chi connectivity index (χ1v) is 21.2. The summed E-state index contributed by atoms with van der Waals surface area (Å²) < 4.78 is 92.5. The van der Waals surface area contributed by atoms with Crippen LogP contribution in [0.1, 0.15) is 90.3 Å². The van der Waals surface area contributed by atoms with Gasteiger partial charge in [-0.1, -0.05) is 67.4 Å². The number of esters is 1. The molecule has 5 rings (SSSR count). The van der Waals surface area contributed by atoms with Crippen LogP contribution in [0.2, 0.25) is 0 Å². The monoisotopic (exact) mass is 874 g/mol. The maximum Gasteiger partial charge on any atom is 0.531 e. The van der Waals surface area contributed by atoms with Crippen LogP contribution in [0.25, 0.3) is 0 Å². The number of fused-ring (bicyclic) bond motifs is 1. The van der Waals surface area contributed by atoms with E-state index >= 15 is 4.39 Å². The number of carbonyl (C=O) groups excluding carboxylic acids is 4. The van der Waals surface area contributed by atoms with Gasteiger partial charge < -0.3 is 20.3 Å². The molecule has 1 saturated carbocycles. The Hall–Kier alpha value is -5.12. The number of aliphatic imine (C=N–C) groups is 1. The van der Waals surface area contributed by atoms with E-state index in [0.29, 0.717) is 11.1 Å². The molecule has 1 aliphatic heterocycles. The third-order valence-corrected chi connectivity index (χ3v) is 11.4. The smallest absolute Gasteiger partial charge is 0.444 e. The zero-order valence-corrected chi connectivity index (χ0v) is 35.7. The number of phosphoric ester groups is 1. The van der Waals surface area contributed by atoms with Crippen LogP contribution in [0.15, 0.2) is 77.8 Å². The van der Waals surface area contributed by atoms with Crippen molar-refractivity contribution in [1.82, 2.24) is 5.32 Å². The number of nitrogens with one attached hydrogen (secondary N) is 1. The number of halogens is 4. The number of anilines is 1. The maximum atomic E-state index is 15.9. The number of hydrogen-bond donors (Lipinski definition) is 2. The van der Waals surface area contributed by atoms with Gasteiger partial charge in [-0.2, -0.15) is 13.2 Å². The number of carbonyl (C=O) groups is 4. The zero-order valence-electron chi connectivity index (χ0n) is 34.8. The Labute approximate surface area is 352 Å². The van der Waals surface area contributed by atoms with Crippen molar-refractivity contribution in [3.05, 3.63) is 95.3 Å². The Kier molecular flexibility index (Phi) is 14.5. The van der Waals surface area contributed by atoms with Crippen molar-refractivity contribution in [2.24, 2.45) is 28.5 Å². The summed E-state index contributed by atoms with van der Waals surface area (Å²) in [6.07, 6.45) is -7.53. The number of para-hydroxylation sites is 1. The Bertz CT molecular complexity index is 2130. The number of ether oxygens (including phenoxy) is 1. The van der Waals surface area contributed by atoms with E-state index in [9.17, 15) is 36.9 Å². The van der Waals surface area contributed by atoms with Crippen molar-refractivity contribution < 1.29 is 59.6 Å². The van der Waals surface area contributed by atoms with E-state index in [4.69, 9.17) is 24.0 Å². The second-order valence-electron chi connectivity index (χ2n) is 17.0. The molecule has 330 valence electrons. The molecule has 1 heterocycles. The van der Waals surface area contributed by atoms with Gasteiger partial charge in [0.1, 0.15) is 11.6 Å². The lowest BCUT2D eigenvalue weighted by molar-refractivity contribution is -0.147. The summed E-state index contributed by atoms with van der Waals surface area (Å²) in [5, 5.41) is 2.43. The molecule has 0 radical (unpaired) electrons. The molecule has 0 saturated heterocycles. The highest BCUT2D eigenvalue weighted by molar-refractivity contribution is 7.49. The number of primary amides is 1. The number of benzene rings is 3. The molecule has 61 heavy (non-hydrogen) atoms. The molecular formula is C43H51F4N4O9P. The summed E-state index contributed by atoms with van der Waals surface area (Å²) >= 11 is 0. The first kappa shape index (κ1) is 46.9. The van der Waals surface area contributed by atoms with Gasteiger partial charge in [0.15, 0.2) is 6.73 Å². The Morgan fingerprint density at radius 3 is 2.08 bits per heavy atom. The highest BCUT2D eigenvalue weighted by Gasteiger charge is 2.43. The van der Waals surface area contributed by atoms with Crippen LogP contribution in [0, 0.1) is 23.6 Å². The molecule has 13 nitrogen and oxygen atoms in total. The molecule has 3 atom stereocenters.